The molecule has 8 heteroatoms. The molecule has 0 aromatic heterocycles. The van der Waals surface area contributed by atoms with Crippen LogP contribution in [0.2, 0.25) is 0 Å². The van der Waals surface area contributed by atoms with E-state index in [1.807, 2.05) is 6.92 Å². The van der Waals surface area contributed by atoms with Crippen molar-refractivity contribution in [2.45, 2.75) is 40.3 Å². The van der Waals surface area contributed by atoms with E-state index in [9.17, 15) is 23.2 Å². The zero-order valence-corrected chi connectivity index (χ0v) is 17.8. The van der Waals surface area contributed by atoms with Gasteiger partial charge in [0.05, 0.1) is 5.56 Å². The number of Topliss-reactive ketones (excluding diaryl/α,β-unsaturated/α-hetero) is 1. The molecule has 1 atom stereocenters. The normalized spacial score (nSPS) is 11.9. The van der Waals surface area contributed by atoms with Crippen LogP contribution in [0, 0.1) is 19.8 Å². The van der Waals surface area contributed by atoms with Crippen LogP contribution in [0.3, 0.4) is 0 Å². The van der Waals surface area contributed by atoms with Gasteiger partial charge in [-0.1, -0.05) is 43.2 Å². The predicted molar refractivity (Wildman–Crippen MR) is 110 cm³/mol. The van der Waals surface area contributed by atoms with Crippen molar-refractivity contribution in [3.05, 3.63) is 64.7 Å². The van der Waals surface area contributed by atoms with Gasteiger partial charge in [0.25, 0.3) is 5.91 Å². The maximum atomic E-state index is 12.6. The van der Waals surface area contributed by atoms with E-state index in [1.54, 1.807) is 45.0 Å². The average Bonchev–Trinajstić information content (AvgIpc) is 2.71. The summed E-state index contributed by atoms with van der Waals surface area (Å²) in [5, 5.41) is 2.61. The number of amides is 1. The second-order valence-corrected chi connectivity index (χ2v) is 7.47. The molecule has 0 unspecified atom stereocenters. The second-order valence-electron chi connectivity index (χ2n) is 7.47. The molecular weight excluding hydrogens is 408 g/mol. The number of nitrogens with one attached hydrogen (secondary N) is 1. The number of ketones is 1. The molecule has 1 N–H and O–H groups in total. The summed E-state index contributed by atoms with van der Waals surface area (Å²) in [6.07, 6.45) is 0. The van der Waals surface area contributed by atoms with Gasteiger partial charge in [-0.15, -0.1) is 0 Å². The van der Waals surface area contributed by atoms with Gasteiger partial charge in [0, 0.05) is 5.56 Å². The number of hydrogen-bond acceptors (Lipinski definition) is 5. The SMILES string of the molecule is Cc1ccc(C(=O)N[C@H](C(=O)OCC(=O)c2cc(C)ccc2OC(F)F)C(C)C)cc1. The highest BCUT2D eigenvalue weighted by Crippen LogP contribution is 2.23. The quantitative estimate of drug-likeness (QED) is 0.476. The fraction of sp³-hybridized carbons (Fsp3) is 0.348. The molecule has 0 radical (unpaired) electrons. The number of ether oxygens (including phenoxy) is 2. The highest BCUT2D eigenvalue weighted by atomic mass is 19.3. The van der Waals surface area contributed by atoms with Gasteiger partial charge in [-0.2, -0.15) is 8.78 Å². The molecule has 2 aromatic rings. The van der Waals surface area contributed by atoms with Crippen LogP contribution in [-0.2, 0) is 9.53 Å². The number of rotatable bonds is 9. The van der Waals surface area contributed by atoms with Crippen molar-refractivity contribution < 1.29 is 32.6 Å². The summed E-state index contributed by atoms with van der Waals surface area (Å²) in [5.41, 5.74) is 1.91. The molecular formula is C23H25F2NO5. The van der Waals surface area contributed by atoms with E-state index in [1.165, 1.54) is 18.2 Å². The van der Waals surface area contributed by atoms with Crippen LogP contribution in [-0.4, -0.2) is 36.9 Å². The Kier molecular flexibility index (Phi) is 8.24. The lowest BCUT2D eigenvalue weighted by molar-refractivity contribution is -0.146. The first-order valence-corrected chi connectivity index (χ1v) is 9.71. The van der Waals surface area contributed by atoms with Crippen molar-refractivity contribution >= 4 is 17.7 Å². The van der Waals surface area contributed by atoms with E-state index < -0.39 is 36.9 Å². The number of halogens is 2. The molecule has 0 bridgehead atoms. The number of alkyl halides is 2. The highest BCUT2D eigenvalue weighted by Gasteiger charge is 2.27. The monoisotopic (exact) mass is 433 g/mol. The predicted octanol–water partition coefficient (Wildman–Crippen LogP) is 4.09. The maximum Gasteiger partial charge on any atom is 0.387 e. The van der Waals surface area contributed by atoms with Gasteiger partial charge in [0.1, 0.15) is 11.8 Å². The van der Waals surface area contributed by atoms with Crippen LogP contribution < -0.4 is 10.1 Å². The number of esters is 1. The highest BCUT2D eigenvalue weighted by molar-refractivity contribution is 6.01. The number of carbonyl (C=O) groups excluding carboxylic acids is 3. The van der Waals surface area contributed by atoms with Crippen molar-refractivity contribution in [3.63, 3.8) is 0 Å². The summed E-state index contributed by atoms with van der Waals surface area (Å²) in [6.45, 7) is 3.24. The number of hydrogen-bond donors (Lipinski definition) is 1. The summed E-state index contributed by atoms with van der Waals surface area (Å²) < 4.78 is 34.7. The van der Waals surface area contributed by atoms with Crippen LogP contribution >= 0.6 is 0 Å². The standard InChI is InChI=1S/C23H25F2NO5/c1-13(2)20(26-21(28)16-8-5-14(3)6-9-16)22(29)30-12-18(27)17-11-15(4)7-10-19(17)31-23(24)25/h5-11,13,20,23H,12H2,1-4H3,(H,26,28)/t20-/m0/s1. The van der Waals surface area contributed by atoms with Crippen LogP contribution in [0.1, 0.15) is 45.7 Å². The summed E-state index contributed by atoms with van der Waals surface area (Å²) in [4.78, 5) is 37.5. The van der Waals surface area contributed by atoms with Gasteiger partial charge < -0.3 is 14.8 Å². The fourth-order valence-electron chi connectivity index (χ4n) is 2.79. The van der Waals surface area contributed by atoms with E-state index >= 15 is 0 Å². The number of benzene rings is 2. The van der Waals surface area contributed by atoms with E-state index in [0.717, 1.165) is 5.56 Å². The Morgan fingerprint density at radius 2 is 1.58 bits per heavy atom. The maximum absolute atomic E-state index is 12.6. The Hall–Kier alpha value is -3.29. The molecule has 166 valence electrons. The van der Waals surface area contributed by atoms with Crippen LogP contribution in [0.15, 0.2) is 42.5 Å². The number of carbonyl (C=O) groups is 3. The smallest absolute Gasteiger partial charge is 0.387 e. The lowest BCUT2D eigenvalue weighted by Crippen LogP contribution is -2.45. The molecule has 0 aliphatic rings. The topological polar surface area (TPSA) is 81.7 Å². The molecule has 0 aliphatic carbocycles. The summed E-state index contributed by atoms with van der Waals surface area (Å²) in [7, 11) is 0. The van der Waals surface area contributed by atoms with E-state index in [-0.39, 0.29) is 17.2 Å². The van der Waals surface area contributed by atoms with Crippen LogP contribution in [0.4, 0.5) is 8.78 Å². The second kappa shape index (κ2) is 10.7. The summed E-state index contributed by atoms with van der Waals surface area (Å²) in [5.74, 6) is -2.55. The van der Waals surface area contributed by atoms with Crippen molar-refractivity contribution in [1.82, 2.24) is 5.32 Å². The first-order chi connectivity index (χ1) is 14.6. The Bertz CT molecular complexity index is 941. The molecule has 1 amide bonds. The Labute approximate surface area is 179 Å². The molecule has 31 heavy (non-hydrogen) atoms. The van der Waals surface area contributed by atoms with Gasteiger partial charge in [-0.05, 0) is 44.0 Å². The van der Waals surface area contributed by atoms with Crippen molar-refractivity contribution in [2.24, 2.45) is 5.92 Å². The van der Waals surface area contributed by atoms with E-state index in [2.05, 4.69) is 10.1 Å². The van der Waals surface area contributed by atoms with Crippen LogP contribution in [0.25, 0.3) is 0 Å². The van der Waals surface area contributed by atoms with Crippen LogP contribution in [0.5, 0.6) is 5.75 Å². The summed E-state index contributed by atoms with van der Waals surface area (Å²) >= 11 is 0. The van der Waals surface area contributed by atoms with Crippen molar-refractivity contribution in [1.29, 1.82) is 0 Å². The minimum Gasteiger partial charge on any atom is -0.456 e. The molecule has 0 saturated heterocycles. The van der Waals surface area contributed by atoms with Crippen molar-refractivity contribution in [2.75, 3.05) is 6.61 Å². The van der Waals surface area contributed by atoms with Gasteiger partial charge in [-0.3, -0.25) is 9.59 Å². The van der Waals surface area contributed by atoms with E-state index in [4.69, 9.17) is 4.74 Å². The zero-order valence-electron chi connectivity index (χ0n) is 17.8. The summed E-state index contributed by atoms with van der Waals surface area (Å²) in [6, 6.07) is 10.0. The molecule has 0 fully saturated rings. The minimum absolute atomic E-state index is 0.113. The first kappa shape index (κ1) is 24.0. The Morgan fingerprint density at radius 1 is 0.968 bits per heavy atom. The largest absolute Gasteiger partial charge is 0.456 e. The van der Waals surface area contributed by atoms with Gasteiger partial charge in [0.15, 0.2) is 6.61 Å². The van der Waals surface area contributed by atoms with Gasteiger partial charge >= 0.3 is 12.6 Å². The minimum atomic E-state index is -3.10. The van der Waals surface area contributed by atoms with E-state index in [0.29, 0.717) is 11.1 Å². The lowest BCUT2D eigenvalue weighted by atomic mass is 10.0. The molecule has 2 rings (SSSR count). The Balaban J connectivity index is 2.06. The molecule has 0 aliphatic heterocycles. The first-order valence-electron chi connectivity index (χ1n) is 9.71. The lowest BCUT2D eigenvalue weighted by Gasteiger charge is -2.21. The molecule has 0 spiro atoms. The molecule has 0 saturated carbocycles. The van der Waals surface area contributed by atoms with Gasteiger partial charge in [-0.25, -0.2) is 4.79 Å². The zero-order chi connectivity index (χ0) is 23.1. The van der Waals surface area contributed by atoms with Gasteiger partial charge in [0.2, 0.25) is 5.78 Å². The number of aryl methyl sites for hydroxylation is 2. The third-order valence-electron chi connectivity index (χ3n) is 4.52. The fourth-order valence-corrected chi connectivity index (χ4v) is 2.79. The Morgan fingerprint density at radius 3 is 2.16 bits per heavy atom. The molecule has 2 aromatic carbocycles. The third-order valence-corrected chi connectivity index (χ3v) is 4.52. The molecule has 6 nitrogen and oxygen atoms in total. The average molecular weight is 433 g/mol. The van der Waals surface area contributed by atoms with Crippen molar-refractivity contribution in [3.8, 4) is 5.75 Å². The third kappa shape index (κ3) is 6.87. The molecule has 0 heterocycles.